The van der Waals surface area contributed by atoms with Gasteiger partial charge in [0.15, 0.2) is 12.1 Å². The van der Waals surface area contributed by atoms with Gasteiger partial charge < -0.3 is 4.74 Å². The Kier molecular flexibility index (Phi) is 2.95. The van der Waals surface area contributed by atoms with Crippen molar-refractivity contribution in [3.63, 3.8) is 0 Å². The number of methoxy groups -OCH3 is 1. The number of carbonyl (C=O) groups is 1. The Balaban J connectivity index is 2.33. The Bertz CT molecular complexity index is 479. The van der Waals surface area contributed by atoms with Crippen molar-refractivity contribution in [3.05, 3.63) is 41.7 Å². The highest BCUT2D eigenvalue weighted by Gasteiger charge is 2.11. The minimum Gasteiger partial charge on any atom is -0.467 e. The molecular formula is C11H11N3O2. The van der Waals surface area contributed by atoms with E-state index >= 15 is 0 Å². The molecule has 0 aliphatic rings. The van der Waals surface area contributed by atoms with Crippen molar-refractivity contribution in [2.24, 2.45) is 0 Å². The fourth-order valence-electron chi connectivity index (χ4n) is 1.45. The second kappa shape index (κ2) is 4.57. The van der Waals surface area contributed by atoms with Crippen LogP contribution in [-0.2, 0) is 6.54 Å². The van der Waals surface area contributed by atoms with E-state index in [1.165, 1.54) is 7.11 Å². The van der Waals surface area contributed by atoms with Gasteiger partial charge in [-0.2, -0.15) is 0 Å². The zero-order valence-corrected chi connectivity index (χ0v) is 8.83. The molecule has 0 spiro atoms. The van der Waals surface area contributed by atoms with Gasteiger partial charge in [-0.15, -0.1) is 5.10 Å². The molecule has 0 fully saturated rings. The van der Waals surface area contributed by atoms with Crippen molar-refractivity contribution in [1.82, 2.24) is 14.8 Å². The van der Waals surface area contributed by atoms with Gasteiger partial charge in [0.2, 0.25) is 0 Å². The summed E-state index contributed by atoms with van der Waals surface area (Å²) < 4.78 is 6.66. The van der Waals surface area contributed by atoms with Gasteiger partial charge in [-0.25, -0.2) is 0 Å². The van der Waals surface area contributed by atoms with Crippen molar-refractivity contribution in [3.8, 4) is 6.01 Å². The molecule has 0 unspecified atom stereocenters. The normalized spacial score (nSPS) is 10.1. The number of aromatic nitrogens is 3. The van der Waals surface area contributed by atoms with E-state index < -0.39 is 0 Å². The van der Waals surface area contributed by atoms with Crippen LogP contribution in [0, 0.1) is 0 Å². The summed E-state index contributed by atoms with van der Waals surface area (Å²) in [5.74, 6) is 0.265. The third-order valence-corrected chi connectivity index (χ3v) is 2.22. The van der Waals surface area contributed by atoms with E-state index in [0.717, 1.165) is 5.56 Å². The maximum absolute atomic E-state index is 10.8. The maximum atomic E-state index is 10.8. The molecule has 5 nitrogen and oxygen atoms in total. The first kappa shape index (κ1) is 10.4. The highest BCUT2D eigenvalue weighted by molar-refractivity contribution is 5.69. The Morgan fingerprint density at radius 3 is 2.69 bits per heavy atom. The summed E-state index contributed by atoms with van der Waals surface area (Å²) >= 11 is 0. The van der Waals surface area contributed by atoms with E-state index in [9.17, 15) is 4.79 Å². The Morgan fingerprint density at radius 2 is 2.06 bits per heavy atom. The smallest absolute Gasteiger partial charge is 0.317 e. The molecule has 0 bridgehead atoms. The molecule has 1 heterocycles. The third kappa shape index (κ3) is 1.93. The molecular weight excluding hydrogens is 206 g/mol. The molecule has 82 valence electrons. The van der Waals surface area contributed by atoms with Crippen molar-refractivity contribution in [1.29, 1.82) is 0 Å². The minimum atomic E-state index is 0.265. The molecule has 0 aliphatic carbocycles. The number of hydrogen-bond acceptors (Lipinski definition) is 4. The lowest BCUT2D eigenvalue weighted by Crippen LogP contribution is -2.06. The molecule has 5 heteroatoms. The number of benzene rings is 1. The second-order valence-electron chi connectivity index (χ2n) is 3.23. The number of ether oxygens (including phenoxy) is 1. The predicted molar refractivity (Wildman–Crippen MR) is 57.5 cm³/mol. The Hall–Kier alpha value is -2.17. The summed E-state index contributed by atoms with van der Waals surface area (Å²) in [7, 11) is 1.50. The average Bonchev–Trinajstić information content (AvgIpc) is 2.72. The summed E-state index contributed by atoms with van der Waals surface area (Å²) in [6.07, 6.45) is 0.665. The van der Waals surface area contributed by atoms with Crippen LogP contribution in [-0.4, -0.2) is 28.2 Å². The van der Waals surface area contributed by atoms with Crippen molar-refractivity contribution >= 4 is 6.29 Å². The van der Waals surface area contributed by atoms with Crippen LogP contribution in [0.25, 0.3) is 0 Å². The van der Waals surface area contributed by atoms with Crippen molar-refractivity contribution in [2.75, 3.05) is 7.11 Å². The Labute approximate surface area is 92.7 Å². The zero-order valence-electron chi connectivity index (χ0n) is 8.83. The standard InChI is InChI=1S/C11H11N3O2/c1-16-11-13-12-10(8-15)14(11)7-9-5-3-2-4-6-9/h2-6,8H,7H2,1H3. The average molecular weight is 217 g/mol. The monoisotopic (exact) mass is 217 g/mol. The zero-order chi connectivity index (χ0) is 11.4. The van der Waals surface area contributed by atoms with Gasteiger partial charge in [-0.05, 0) is 5.56 Å². The lowest BCUT2D eigenvalue weighted by Gasteiger charge is -2.06. The van der Waals surface area contributed by atoms with Crippen LogP contribution in [0.2, 0.25) is 0 Å². The summed E-state index contributed by atoms with van der Waals surface area (Å²) in [4.78, 5) is 10.8. The van der Waals surface area contributed by atoms with Crippen LogP contribution in [0.5, 0.6) is 6.01 Å². The fourth-order valence-corrected chi connectivity index (χ4v) is 1.45. The Morgan fingerprint density at radius 1 is 1.31 bits per heavy atom. The van der Waals surface area contributed by atoms with Gasteiger partial charge in [0.05, 0.1) is 13.7 Å². The van der Waals surface area contributed by atoms with Crippen LogP contribution < -0.4 is 4.74 Å². The molecule has 0 saturated carbocycles. The number of rotatable bonds is 4. The van der Waals surface area contributed by atoms with Gasteiger partial charge in [0.25, 0.3) is 0 Å². The first-order valence-electron chi connectivity index (χ1n) is 4.81. The van der Waals surface area contributed by atoms with Gasteiger partial charge in [-0.1, -0.05) is 35.4 Å². The SMILES string of the molecule is COc1nnc(C=O)n1Cc1ccccc1. The number of aldehydes is 1. The van der Waals surface area contributed by atoms with Crippen molar-refractivity contribution < 1.29 is 9.53 Å². The largest absolute Gasteiger partial charge is 0.467 e. The molecule has 0 aliphatic heterocycles. The first-order chi connectivity index (χ1) is 7.85. The quantitative estimate of drug-likeness (QED) is 0.721. The molecule has 16 heavy (non-hydrogen) atoms. The van der Waals surface area contributed by atoms with Crippen LogP contribution >= 0.6 is 0 Å². The summed E-state index contributed by atoms with van der Waals surface area (Å²) in [6, 6.07) is 10.1. The first-order valence-corrected chi connectivity index (χ1v) is 4.81. The van der Waals surface area contributed by atoms with Gasteiger partial charge in [-0.3, -0.25) is 9.36 Å². The highest BCUT2D eigenvalue weighted by Crippen LogP contribution is 2.12. The third-order valence-electron chi connectivity index (χ3n) is 2.22. The van der Waals surface area contributed by atoms with E-state index in [-0.39, 0.29) is 5.82 Å². The van der Waals surface area contributed by atoms with Gasteiger partial charge in [0.1, 0.15) is 0 Å². The summed E-state index contributed by atoms with van der Waals surface area (Å²) in [5.41, 5.74) is 1.06. The van der Waals surface area contributed by atoms with Gasteiger partial charge in [0, 0.05) is 0 Å². The fraction of sp³-hybridized carbons (Fsp3) is 0.182. The van der Waals surface area contributed by atoms with E-state index in [0.29, 0.717) is 18.8 Å². The van der Waals surface area contributed by atoms with Crippen LogP contribution in [0.4, 0.5) is 0 Å². The molecule has 1 aromatic carbocycles. The number of nitrogens with zero attached hydrogens (tertiary/aromatic N) is 3. The van der Waals surface area contributed by atoms with Crippen LogP contribution in [0.15, 0.2) is 30.3 Å². The molecule has 0 N–H and O–H groups in total. The molecule has 2 rings (SSSR count). The van der Waals surface area contributed by atoms with Crippen LogP contribution in [0.3, 0.4) is 0 Å². The van der Waals surface area contributed by atoms with E-state index in [4.69, 9.17) is 4.74 Å². The van der Waals surface area contributed by atoms with Crippen LogP contribution in [0.1, 0.15) is 16.2 Å². The molecule has 0 atom stereocenters. The number of hydrogen-bond donors (Lipinski definition) is 0. The van der Waals surface area contributed by atoms with E-state index in [2.05, 4.69) is 10.2 Å². The minimum absolute atomic E-state index is 0.265. The molecule has 0 amide bonds. The lowest BCUT2D eigenvalue weighted by atomic mass is 10.2. The van der Waals surface area contributed by atoms with E-state index in [1.54, 1.807) is 4.57 Å². The highest BCUT2D eigenvalue weighted by atomic mass is 16.5. The van der Waals surface area contributed by atoms with Gasteiger partial charge >= 0.3 is 6.01 Å². The topological polar surface area (TPSA) is 57.0 Å². The maximum Gasteiger partial charge on any atom is 0.317 e. The summed E-state index contributed by atoms with van der Waals surface area (Å²) in [5, 5.41) is 7.48. The second-order valence-corrected chi connectivity index (χ2v) is 3.23. The number of carbonyl (C=O) groups excluding carboxylic acids is 1. The van der Waals surface area contributed by atoms with E-state index in [1.807, 2.05) is 30.3 Å². The predicted octanol–water partition coefficient (Wildman–Crippen LogP) is 1.15. The molecule has 0 saturated heterocycles. The molecule has 1 aromatic heterocycles. The molecule has 0 radical (unpaired) electrons. The lowest BCUT2D eigenvalue weighted by molar-refractivity contribution is 0.111. The van der Waals surface area contributed by atoms with Crippen molar-refractivity contribution in [2.45, 2.75) is 6.54 Å². The molecule has 2 aromatic rings. The summed E-state index contributed by atoms with van der Waals surface area (Å²) in [6.45, 7) is 0.519.